The van der Waals surface area contributed by atoms with Crippen molar-refractivity contribution in [2.75, 3.05) is 19.6 Å². The van der Waals surface area contributed by atoms with Crippen LogP contribution >= 0.6 is 0 Å². The van der Waals surface area contributed by atoms with Crippen LogP contribution in [0.2, 0.25) is 0 Å². The van der Waals surface area contributed by atoms with E-state index in [4.69, 9.17) is 4.74 Å². The van der Waals surface area contributed by atoms with E-state index in [9.17, 15) is 9.59 Å². The molecule has 1 aliphatic carbocycles. The third kappa shape index (κ3) is 5.76. The number of amides is 2. The van der Waals surface area contributed by atoms with Crippen molar-refractivity contribution in [3.8, 4) is 0 Å². The first-order chi connectivity index (χ1) is 10.7. The van der Waals surface area contributed by atoms with Gasteiger partial charge in [0.1, 0.15) is 13.2 Å². The molecule has 2 rings (SSSR count). The van der Waals surface area contributed by atoms with Crippen LogP contribution in [-0.2, 0) is 16.1 Å². The summed E-state index contributed by atoms with van der Waals surface area (Å²) in [5, 5.41) is 2.53. The minimum absolute atomic E-state index is 0.000340. The summed E-state index contributed by atoms with van der Waals surface area (Å²) < 4.78 is 5.09. The molecule has 0 aliphatic heterocycles. The van der Waals surface area contributed by atoms with Crippen LogP contribution in [0.25, 0.3) is 0 Å². The standard InChI is InChI=1S/C17H24N2O3/c1-2-10-19(12-14-8-9-14)16(20)11-18-17(21)22-13-15-6-4-3-5-7-15/h3-7,14H,2,8-13H2,1H3,(H,18,21). The number of carbonyl (C=O) groups excluding carboxylic acids is 2. The van der Waals surface area contributed by atoms with Crippen LogP contribution in [-0.4, -0.2) is 36.5 Å². The molecular formula is C17H24N2O3. The summed E-state index contributed by atoms with van der Waals surface area (Å²) >= 11 is 0. The average molecular weight is 304 g/mol. The zero-order valence-corrected chi connectivity index (χ0v) is 13.1. The number of rotatable bonds is 8. The fourth-order valence-corrected chi connectivity index (χ4v) is 2.23. The van der Waals surface area contributed by atoms with E-state index in [0.29, 0.717) is 5.92 Å². The predicted octanol–water partition coefficient (Wildman–Crippen LogP) is 2.56. The molecule has 1 aromatic carbocycles. The molecule has 1 saturated carbocycles. The first kappa shape index (κ1) is 16.3. The first-order valence-corrected chi connectivity index (χ1v) is 7.91. The van der Waals surface area contributed by atoms with Gasteiger partial charge in [0.15, 0.2) is 0 Å². The van der Waals surface area contributed by atoms with Crippen molar-refractivity contribution < 1.29 is 14.3 Å². The lowest BCUT2D eigenvalue weighted by Crippen LogP contribution is -2.41. The first-order valence-electron chi connectivity index (χ1n) is 7.91. The van der Waals surface area contributed by atoms with Gasteiger partial charge in [-0.2, -0.15) is 0 Å². The van der Waals surface area contributed by atoms with Gasteiger partial charge in [0.2, 0.25) is 5.91 Å². The van der Waals surface area contributed by atoms with Crippen LogP contribution in [0.3, 0.4) is 0 Å². The Kier molecular flexibility index (Phi) is 6.25. The maximum atomic E-state index is 12.1. The molecule has 0 saturated heterocycles. The summed E-state index contributed by atoms with van der Waals surface area (Å²) in [6.45, 7) is 3.82. The molecule has 0 bridgehead atoms. The summed E-state index contributed by atoms with van der Waals surface area (Å²) in [4.78, 5) is 25.6. The second-order valence-corrected chi connectivity index (χ2v) is 5.70. The largest absolute Gasteiger partial charge is 0.445 e. The van der Waals surface area contributed by atoms with E-state index in [0.717, 1.165) is 25.1 Å². The highest BCUT2D eigenvalue weighted by atomic mass is 16.5. The molecule has 1 aromatic rings. The third-order valence-corrected chi connectivity index (χ3v) is 3.62. The molecule has 120 valence electrons. The molecule has 5 heteroatoms. The predicted molar refractivity (Wildman–Crippen MR) is 84.2 cm³/mol. The van der Waals surface area contributed by atoms with Gasteiger partial charge in [0.25, 0.3) is 0 Å². The van der Waals surface area contributed by atoms with Gasteiger partial charge in [-0.3, -0.25) is 4.79 Å². The highest BCUT2D eigenvalue weighted by molar-refractivity contribution is 5.82. The van der Waals surface area contributed by atoms with Crippen LogP contribution in [0.15, 0.2) is 30.3 Å². The lowest BCUT2D eigenvalue weighted by molar-refractivity contribution is -0.130. The Labute approximate surface area is 131 Å². The van der Waals surface area contributed by atoms with E-state index in [1.807, 2.05) is 35.2 Å². The van der Waals surface area contributed by atoms with Gasteiger partial charge in [-0.15, -0.1) is 0 Å². The topological polar surface area (TPSA) is 58.6 Å². The van der Waals surface area contributed by atoms with Crippen molar-refractivity contribution in [1.82, 2.24) is 10.2 Å². The molecular weight excluding hydrogens is 280 g/mol. The summed E-state index contributed by atoms with van der Waals surface area (Å²) in [7, 11) is 0. The van der Waals surface area contributed by atoms with Crippen molar-refractivity contribution in [2.24, 2.45) is 5.92 Å². The van der Waals surface area contributed by atoms with E-state index in [2.05, 4.69) is 12.2 Å². The van der Waals surface area contributed by atoms with E-state index in [1.165, 1.54) is 12.8 Å². The van der Waals surface area contributed by atoms with E-state index < -0.39 is 6.09 Å². The zero-order chi connectivity index (χ0) is 15.8. The highest BCUT2D eigenvalue weighted by Gasteiger charge is 2.26. The van der Waals surface area contributed by atoms with Crippen molar-refractivity contribution >= 4 is 12.0 Å². The molecule has 0 aromatic heterocycles. The number of benzene rings is 1. The van der Waals surface area contributed by atoms with Crippen molar-refractivity contribution in [3.05, 3.63) is 35.9 Å². The van der Waals surface area contributed by atoms with Crippen LogP contribution in [0, 0.1) is 5.92 Å². The minimum atomic E-state index is -0.555. The van der Waals surface area contributed by atoms with Gasteiger partial charge in [-0.1, -0.05) is 37.3 Å². The molecule has 0 atom stereocenters. The highest BCUT2D eigenvalue weighted by Crippen LogP contribution is 2.29. The van der Waals surface area contributed by atoms with Crippen LogP contribution < -0.4 is 5.32 Å². The third-order valence-electron chi connectivity index (χ3n) is 3.62. The number of hydrogen-bond acceptors (Lipinski definition) is 3. The second kappa shape index (κ2) is 8.41. The Hall–Kier alpha value is -2.04. The fraction of sp³-hybridized carbons (Fsp3) is 0.529. The molecule has 0 radical (unpaired) electrons. The molecule has 0 heterocycles. The van der Waals surface area contributed by atoms with E-state index in [-0.39, 0.29) is 19.1 Å². The average Bonchev–Trinajstić information content (AvgIpc) is 3.35. The molecule has 22 heavy (non-hydrogen) atoms. The van der Waals surface area contributed by atoms with Gasteiger partial charge >= 0.3 is 6.09 Å². The molecule has 1 aliphatic rings. The van der Waals surface area contributed by atoms with Crippen LogP contribution in [0.1, 0.15) is 31.7 Å². The minimum Gasteiger partial charge on any atom is -0.445 e. The van der Waals surface area contributed by atoms with Gasteiger partial charge < -0.3 is 15.0 Å². The molecule has 1 fully saturated rings. The summed E-state index contributed by atoms with van der Waals surface area (Å²) in [5.41, 5.74) is 0.922. The number of carbonyl (C=O) groups is 2. The number of alkyl carbamates (subject to hydrolysis) is 1. The summed E-state index contributed by atoms with van der Waals surface area (Å²) in [5.74, 6) is 0.617. The summed E-state index contributed by atoms with van der Waals surface area (Å²) in [6, 6.07) is 9.46. The van der Waals surface area contributed by atoms with Crippen LogP contribution in [0.4, 0.5) is 4.79 Å². The second-order valence-electron chi connectivity index (χ2n) is 5.70. The van der Waals surface area contributed by atoms with Crippen LogP contribution in [0.5, 0.6) is 0 Å². The van der Waals surface area contributed by atoms with Crippen molar-refractivity contribution in [2.45, 2.75) is 32.8 Å². The van der Waals surface area contributed by atoms with E-state index >= 15 is 0 Å². The summed E-state index contributed by atoms with van der Waals surface area (Å²) in [6.07, 6.45) is 2.79. The lowest BCUT2D eigenvalue weighted by atomic mass is 10.2. The quantitative estimate of drug-likeness (QED) is 0.803. The Bertz CT molecular complexity index is 486. The molecule has 1 N–H and O–H groups in total. The van der Waals surface area contributed by atoms with E-state index in [1.54, 1.807) is 0 Å². The number of hydrogen-bond donors (Lipinski definition) is 1. The van der Waals surface area contributed by atoms with Gasteiger partial charge in [0.05, 0.1) is 0 Å². The number of ether oxygens (including phenoxy) is 1. The molecule has 2 amide bonds. The fourth-order valence-electron chi connectivity index (χ4n) is 2.23. The number of nitrogens with zero attached hydrogens (tertiary/aromatic N) is 1. The Morgan fingerprint density at radius 2 is 2.00 bits per heavy atom. The monoisotopic (exact) mass is 304 g/mol. The molecule has 0 spiro atoms. The molecule has 5 nitrogen and oxygen atoms in total. The number of nitrogens with one attached hydrogen (secondary N) is 1. The smallest absolute Gasteiger partial charge is 0.407 e. The Morgan fingerprint density at radius 3 is 2.64 bits per heavy atom. The maximum Gasteiger partial charge on any atom is 0.407 e. The lowest BCUT2D eigenvalue weighted by Gasteiger charge is -2.22. The van der Waals surface area contributed by atoms with Gasteiger partial charge in [-0.25, -0.2) is 4.79 Å². The SMILES string of the molecule is CCCN(CC1CC1)C(=O)CNC(=O)OCc1ccccc1. The molecule has 0 unspecified atom stereocenters. The van der Waals surface area contributed by atoms with Gasteiger partial charge in [0, 0.05) is 13.1 Å². The van der Waals surface area contributed by atoms with Crippen molar-refractivity contribution in [3.63, 3.8) is 0 Å². The van der Waals surface area contributed by atoms with Gasteiger partial charge in [-0.05, 0) is 30.7 Å². The Morgan fingerprint density at radius 1 is 1.27 bits per heavy atom. The normalized spacial score (nSPS) is 13.5. The van der Waals surface area contributed by atoms with Crippen molar-refractivity contribution in [1.29, 1.82) is 0 Å². The zero-order valence-electron chi connectivity index (χ0n) is 13.1. The maximum absolute atomic E-state index is 12.1. The Balaban J connectivity index is 1.68.